The number of carbonyl (C=O) groups is 3. The largest absolute Gasteiger partial charge is 0.490 e. The number of hydrogen-bond acceptors (Lipinski definition) is 6. The van der Waals surface area contributed by atoms with Crippen molar-refractivity contribution in [1.82, 2.24) is 19.4 Å². The summed E-state index contributed by atoms with van der Waals surface area (Å²) in [4.78, 5) is 46.1. The number of halogens is 1. The Morgan fingerprint density at radius 2 is 1.89 bits per heavy atom. The number of esters is 1. The highest BCUT2D eigenvalue weighted by Crippen LogP contribution is 2.38. The second-order valence-corrected chi connectivity index (χ2v) is 13.1. The summed E-state index contributed by atoms with van der Waals surface area (Å²) >= 11 is 0. The van der Waals surface area contributed by atoms with Crippen molar-refractivity contribution >= 4 is 18.0 Å². The van der Waals surface area contributed by atoms with Gasteiger partial charge in [-0.2, -0.15) is 0 Å². The van der Waals surface area contributed by atoms with Crippen molar-refractivity contribution in [2.75, 3.05) is 13.2 Å². The Bertz CT molecular complexity index is 1630. The minimum atomic E-state index is -1.06. The molecule has 4 heterocycles. The molecule has 3 aromatic rings. The van der Waals surface area contributed by atoms with Crippen LogP contribution in [0.4, 0.5) is 9.18 Å². The van der Waals surface area contributed by atoms with Gasteiger partial charge in [0, 0.05) is 48.8 Å². The zero-order valence-corrected chi connectivity index (χ0v) is 26.1. The molecule has 3 aliphatic heterocycles. The van der Waals surface area contributed by atoms with E-state index in [1.54, 1.807) is 31.5 Å². The SMILES string of the molecule is CCOC(=O)C(c1ncn2c1CCC2)N1Cc2c(F)cc(-c3ccc(OC4CCN(C(=O)O)C(C(C)(C)C)C4)cc3)cc2C1=O. The Balaban J connectivity index is 1.21. The molecular weight excluding hydrogens is 579 g/mol. The van der Waals surface area contributed by atoms with Crippen molar-refractivity contribution in [2.24, 2.45) is 5.41 Å². The molecule has 2 aromatic carbocycles. The first kappa shape index (κ1) is 30.6. The zero-order valence-electron chi connectivity index (χ0n) is 26.1. The molecular formula is C34H39FN4O6. The fourth-order valence-electron chi connectivity index (χ4n) is 6.91. The lowest BCUT2D eigenvalue weighted by atomic mass is 9.80. The van der Waals surface area contributed by atoms with Gasteiger partial charge in [0.1, 0.15) is 17.7 Å². The van der Waals surface area contributed by atoms with Crippen LogP contribution in [-0.4, -0.2) is 67.7 Å². The average Bonchev–Trinajstić information content (AvgIpc) is 3.70. The van der Waals surface area contributed by atoms with Crippen molar-refractivity contribution in [3.05, 3.63) is 71.1 Å². The first-order chi connectivity index (χ1) is 21.5. The number of aromatic nitrogens is 2. The van der Waals surface area contributed by atoms with Gasteiger partial charge < -0.3 is 28.9 Å². The molecule has 0 radical (unpaired) electrons. The van der Waals surface area contributed by atoms with Gasteiger partial charge in [-0.25, -0.2) is 19.0 Å². The van der Waals surface area contributed by atoms with Gasteiger partial charge in [-0.15, -0.1) is 0 Å². The van der Waals surface area contributed by atoms with Crippen molar-refractivity contribution in [2.45, 2.75) is 84.7 Å². The molecule has 1 saturated heterocycles. The summed E-state index contributed by atoms with van der Waals surface area (Å²) in [5, 5.41) is 9.66. The summed E-state index contributed by atoms with van der Waals surface area (Å²) in [5.74, 6) is -0.904. The van der Waals surface area contributed by atoms with Gasteiger partial charge >= 0.3 is 12.1 Å². The maximum absolute atomic E-state index is 15.6. The Kier molecular flexibility index (Phi) is 8.05. The number of piperidine rings is 1. The van der Waals surface area contributed by atoms with Gasteiger partial charge in [0.15, 0.2) is 6.04 Å². The van der Waals surface area contributed by atoms with Crippen LogP contribution < -0.4 is 4.74 Å². The highest BCUT2D eigenvalue weighted by Gasteiger charge is 2.43. The second-order valence-electron chi connectivity index (χ2n) is 13.1. The fraction of sp³-hybridized carbons (Fsp3) is 0.471. The summed E-state index contributed by atoms with van der Waals surface area (Å²) in [6.07, 6.45) is 3.48. The van der Waals surface area contributed by atoms with E-state index in [0.29, 0.717) is 42.0 Å². The fourth-order valence-corrected chi connectivity index (χ4v) is 6.91. The number of nitrogens with zero attached hydrogens (tertiary/aromatic N) is 4. The van der Waals surface area contributed by atoms with Crippen molar-refractivity contribution in [1.29, 1.82) is 0 Å². The van der Waals surface area contributed by atoms with Gasteiger partial charge in [-0.1, -0.05) is 32.9 Å². The number of rotatable bonds is 7. The number of benzene rings is 2. The second kappa shape index (κ2) is 11.8. The predicted molar refractivity (Wildman–Crippen MR) is 163 cm³/mol. The minimum absolute atomic E-state index is 0.0565. The maximum Gasteiger partial charge on any atom is 0.407 e. The molecule has 10 nitrogen and oxygen atoms in total. The molecule has 3 aliphatic rings. The van der Waals surface area contributed by atoms with Gasteiger partial charge in [0.2, 0.25) is 0 Å². The van der Waals surface area contributed by atoms with E-state index in [-0.39, 0.29) is 41.8 Å². The highest BCUT2D eigenvalue weighted by atomic mass is 19.1. The van der Waals surface area contributed by atoms with Crippen molar-refractivity contribution < 1.29 is 33.4 Å². The quantitative estimate of drug-likeness (QED) is 0.332. The first-order valence-electron chi connectivity index (χ1n) is 15.6. The standard InChI is InChI=1S/C34H39FN4O6/c1-5-44-32(41)30(29-27-7-6-13-37(27)19-36-29)39-18-25-24(31(39)40)15-21(16-26(25)35)20-8-10-22(11-9-20)45-23-12-14-38(33(42)43)28(17-23)34(2,3)4/h8-11,15-16,19,23,28,30H,5-7,12-14,17-18H2,1-4H3,(H,42,43). The van der Waals surface area contributed by atoms with E-state index in [1.807, 2.05) is 37.5 Å². The normalized spacial score (nSPS) is 20.2. The molecule has 0 bridgehead atoms. The summed E-state index contributed by atoms with van der Waals surface area (Å²) in [6, 6.07) is 9.10. The minimum Gasteiger partial charge on any atom is -0.490 e. The van der Waals surface area contributed by atoms with Crippen LogP contribution in [0, 0.1) is 11.2 Å². The molecule has 238 valence electrons. The Morgan fingerprint density at radius 3 is 2.58 bits per heavy atom. The lowest BCUT2D eigenvalue weighted by molar-refractivity contribution is -0.149. The molecule has 1 N–H and O–H groups in total. The summed E-state index contributed by atoms with van der Waals surface area (Å²) in [5.41, 5.74) is 2.86. The summed E-state index contributed by atoms with van der Waals surface area (Å²) in [6.45, 7) is 9.10. The number of hydrogen-bond donors (Lipinski definition) is 1. The lowest BCUT2D eigenvalue weighted by Crippen LogP contribution is -2.53. The predicted octanol–water partition coefficient (Wildman–Crippen LogP) is 5.83. The average molecular weight is 619 g/mol. The van der Waals surface area contributed by atoms with E-state index in [0.717, 1.165) is 25.1 Å². The van der Waals surface area contributed by atoms with Crippen LogP contribution in [0.3, 0.4) is 0 Å². The number of aryl methyl sites for hydroxylation is 1. The van der Waals surface area contributed by atoms with Crippen LogP contribution in [0.25, 0.3) is 11.1 Å². The van der Waals surface area contributed by atoms with Crippen LogP contribution in [0.15, 0.2) is 42.7 Å². The topological polar surface area (TPSA) is 114 Å². The molecule has 0 spiro atoms. The third kappa shape index (κ3) is 5.76. The molecule has 3 unspecified atom stereocenters. The number of likely N-dealkylation sites (tertiary alicyclic amines) is 1. The van der Waals surface area contributed by atoms with E-state index in [1.165, 1.54) is 15.9 Å². The number of carboxylic acid groups (broad SMARTS) is 1. The number of amides is 2. The van der Waals surface area contributed by atoms with E-state index in [9.17, 15) is 19.5 Å². The molecule has 1 fully saturated rings. The summed E-state index contributed by atoms with van der Waals surface area (Å²) in [7, 11) is 0. The van der Waals surface area contributed by atoms with Crippen LogP contribution in [0.2, 0.25) is 0 Å². The number of ether oxygens (including phenoxy) is 2. The van der Waals surface area contributed by atoms with Crippen LogP contribution in [0.1, 0.15) is 80.3 Å². The van der Waals surface area contributed by atoms with Gasteiger partial charge in [-0.3, -0.25) is 4.79 Å². The summed E-state index contributed by atoms with van der Waals surface area (Å²) < 4.78 is 29.2. The van der Waals surface area contributed by atoms with Crippen molar-refractivity contribution in [3.8, 4) is 16.9 Å². The number of imidazole rings is 1. The van der Waals surface area contributed by atoms with Crippen molar-refractivity contribution in [3.63, 3.8) is 0 Å². The molecule has 45 heavy (non-hydrogen) atoms. The highest BCUT2D eigenvalue weighted by molar-refractivity contribution is 6.02. The molecule has 0 aliphatic carbocycles. The van der Waals surface area contributed by atoms with E-state index < -0.39 is 29.8 Å². The molecule has 0 saturated carbocycles. The first-order valence-corrected chi connectivity index (χ1v) is 15.6. The van der Waals surface area contributed by atoms with E-state index in [4.69, 9.17) is 9.47 Å². The van der Waals surface area contributed by atoms with Gasteiger partial charge in [0.25, 0.3) is 5.91 Å². The monoisotopic (exact) mass is 618 g/mol. The van der Waals surface area contributed by atoms with Crippen LogP contribution >= 0.6 is 0 Å². The van der Waals surface area contributed by atoms with Gasteiger partial charge in [0.05, 0.1) is 25.2 Å². The Hall–Kier alpha value is -4.41. The smallest absolute Gasteiger partial charge is 0.407 e. The number of fused-ring (bicyclic) bond motifs is 2. The molecule has 1 aromatic heterocycles. The van der Waals surface area contributed by atoms with Crippen LogP contribution in [0.5, 0.6) is 5.75 Å². The molecule has 2 amide bonds. The molecule has 11 heteroatoms. The Labute approximate surface area is 261 Å². The third-order valence-electron chi connectivity index (χ3n) is 9.18. The van der Waals surface area contributed by atoms with E-state index >= 15 is 4.39 Å². The third-order valence-corrected chi connectivity index (χ3v) is 9.18. The molecule has 3 atom stereocenters. The maximum atomic E-state index is 15.6. The lowest BCUT2D eigenvalue weighted by Gasteiger charge is -2.44. The van der Waals surface area contributed by atoms with Crippen LogP contribution in [-0.2, 0) is 29.0 Å². The van der Waals surface area contributed by atoms with Gasteiger partial charge in [-0.05, 0) is 60.6 Å². The Morgan fingerprint density at radius 1 is 1.13 bits per heavy atom. The number of carbonyl (C=O) groups excluding carboxylic acids is 2. The zero-order chi connectivity index (χ0) is 32.0. The molecule has 6 rings (SSSR count). The van der Waals surface area contributed by atoms with E-state index in [2.05, 4.69) is 4.98 Å².